The summed E-state index contributed by atoms with van der Waals surface area (Å²) in [6.07, 6.45) is 10.3. The van der Waals surface area contributed by atoms with Crippen molar-refractivity contribution in [3.8, 4) is 11.8 Å². The van der Waals surface area contributed by atoms with Crippen LogP contribution in [0.25, 0.3) is 0 Å². The number of nitrogens with zero attached hydrogens (tertiary/aromatic N) is 1. The second-order valence-corrected chi connectivity index (χ2v) is 9.45. The SMILES string of the molecule is CCCCCCCCCCOc1ccc(CCC(C#N)(CO)NC(=O)OC(C)(C)C)cc1. The number of aliphatic hydroxyl groups is 1. The van der Waals surface area contributed by atoms with Crippen molar-refractivity contribution in [2.75, 3.05) is 13.2 Å². The largest absolute Gasteiger partial charge is 0.494 e. The standard InChI is InChI=1S/C26H42N2O4/c1-5-6-7-8-9-10-11-12-19-31-23-15-13-22(14-16-23)17-18-26(20-27,21-29)28-24(30)32-25(2,3)4/h13-16,29H,5-12,17-19,21H2,1-4H3,(H,28,30). The number of aryl methyl sites for hydroxylation is 1. The van der Waals surface area contributed by atoms with Crippen molar-refractivity contribution in [2.45, 2.75) is 103 Å². The molecule has 0 heterocycles. The fourth-order valence-electron chi connectivity index (χ4n) is 3.34. The molecule has 0 spiro atoms. The molecule has 6 nitrogen and oxygen atoms in total. The fourth-order valence-corrected chi connectivity index (χ4v) is 3.34. The molecule has 1 amide bonds. The summed E-state index contributed by atoms with van der Waals surface area (Å²) in [4.78, 5) is 12.1. The first-order valence-electron chi connectivity index (χ1n) is 12.0. The number of unbranched alkanes of at least 4 members (excludes halogenated alkanes) is 7. The van der Waals surface area contributed by atoms with Crippen molar-refractivity contribution in [3.63, 3.8) is 0 Å². The average molecular weight is 447 g/mol. The van der Waals surface area contributed by atoms with Crippen LogP contribution in [0.4, 0.5) is 4.79 Å². The molecule has 180 valence electrons. The van der Waals surface area contributed by atoms with Gasteiger partial charge in [-0.05, 0) is 57.7 Å². The fraction of sp³-hybridized carbons (Fsp3) is 0.692. The third kappa shape index (κ3) is 12.0. The lowest BCUT2D eigenvalue weighted by Gasteiger charge is -2.28. The summed E-state index contributed by atoms with van der Waals surface area (Å²) < 4.78 is 11.0. The monoisotopic (exact) mass is 446 g/mol. The van der Waals surface area contributed by atoms with E-state index in [1.54, 1.807) is 20.8 Å². The number of rotatable bonds is 15. The molecule has 1 rings (SSSR count). The molecular formula is C26H42N2O4. The van der Waals surface area contributed by atoms with E-state index in [2.05, 4.69) is 12.2 Å². The van der Waals surface area contributed by atoms with Crippen molar-refractivity contribution in [1.82, 2.24) is 5.32 Å². The van der Waals surface area contributed by atoms with Crippen LogP contribution in [0.3, 0.4) is 0 Å². The lowest BCUT2D eigenvalue weighted by molar-refractivity contribution is 0.0438. The van der Waals surface area contributed by atoms with Crippen LogP contribution in [0.1, 0.15) is 91.0 Å². The van der Waals surface area contributed by atoms with Gasteiger partial charge in [-0.25, -0.2) is 4.79 Å². The molecule has 1 unspecified atom stereocenters. The number of benzene rings is 1. The zero-order chi connectivity index (χ0) is 23.9. The molecule has 0 bridgehead atoms. The molecule has 0 radical (unpaired) electrons. The molecule has 0 saturated carbocycles. The molecule has 0 aromatic heterocycles. The highest BCUT2D eigenvalue weighted by Crippen LogP contribution is 2.19. The third-order valence-electron chi connectivity index (χ3n) is 5.25. The van der Waals surface area contributed by atoms with E-state index in [0.29, 0.717) is 6.42 Å². The number of nitrogens with one attached hydrogen (secondary N) is 1. The van der Waals surface area contributed by atoms with Gasteiger partial charge in [0.15, 0.2) is 5.54 Å². The van der Waals surface area contributed by atoms with Crippen LogP contribution in [0, 0.1) is 11.3 Å². The summed E-state index contributed by atoms with van der Waals surface area (Å²) in [5.74, 6) is 0.831. The Kier molecular flexibility index (Phi) is 12.8. The number of aliphatic hydroxyl groups excluding tert-OH is 1. The maximum Gasteiger partial charge on any atom is 0.408 e. The van der Waals surface area contributed by atoms with Crippen LogP contribution in [-0.4, -0.2) is 35.6 Å². The summed E-state index contributed by atoms with van der Waals surface area (Å²) in [7, 11) is 0. The van der Waals surface area contributed by atoms with Gasteiger partial charge in [0.1, 0.15) is 11.4 Å². The maximum atomic E-state index is 12.1. The predicted octanol–water partition coefficient (Wildman–Crippen LogP) is 5.92. The molecule has 6 heteroatoms. The Hall–Kier alpha value is -2.26. The van der Waals surface area contributed by atoms with Crippen LogP contribution >= 0.6 is 0 Å². The number of carbonyl (C=O) groups is 1. The van der Waals surface area contributed by atoms with Crippen LogP contribution in [0.15, 0.2) is 24.3 Å². The maximum absolute atomic E-state index is 12.1. The lowest BCUT2D eigenvalue weighted by Crippen LogP contribution is -2.52. The molecule has 0 aliphatic carbocycles. The van der Waals surface area contributed by atoms with Gasteiger partial charge in [-0.15, -0.1) is 0 Å². The number of hydrogen-bond acceptors (Lipinski definition) is 5. The first kappa shape index (κ1) is 27.8. The molecule has 1 atom stereocenters. The number of nitriles is 1. The Labute approximate surface area is 194 Å². The summed E-state index contributed by atoms with van der Waals surface area (Å²) in [5.41, 5.74) is -1.05. The van der Waals surface area contributed by atoms with Crippen LogP contribution in [0.5, 0.6) is 5.75 Å². The zero-order valence-corrected chi connectivity index (χ0v) is 20.4. The first-order valence-corrected chi connectivity index (χ1v) is 12.0. The average Bonchev–Trinajstić information content (AvgIpc) is 2.75. The third-order valence-corrected chi connectivity index (χ3v) is 5.25. The zero-order valence-electron chi connectivity index (χ0n) is 20.4. The molecular weight excluding hydrogens is 404 g/mol. The van der Waals surface area contributed by atoms with Crippen molar-refractivity contribution in [2.24, 2.45) is 0 Å². The highest BCUT2D eigenvalue weighted by Gasteiger charge is 2.33. The van der Waals surface area contributed by atoms with Crippen molar-refractivity contribution >= 4 is 6.09 Å². The molecule has 1 aromatic carbocycles. The van der Waals surface area contributed by atoms with Crippen LogP contribution in [-0.2, 0) is 11.2 Å². The highest BCUT2D eigenvalue weighted by atomic mass is 16.6. The molecule has 2 N–H and O–H groups in total. The van der Waals surface area contributed by atoms with E-state index in [0.717, 1.165) is 24.3 Å². The van der Waals surface area contributed by atoms with E-state index in [-0.39, 0.29) is 6.42 Å². The van der Waals surface area contributed by atoms with Gasteiger partial charge >= 0.3 is 6.09 Å². The molecule has 0 saturated heterocycles. The van der Waals surface area contributed by atoms with E-state index < -0.39 is 23.8 Å². The summed E-state index contributed by atoms with van der Waals surface area (Å²) in [6.45, 7) is 7.72. The number of amides is 1. The minimum atomic E-state index is -1.38. The van der Waals surface area contributed by atoms with E-state index in [9.17, 15) is 15.2 Å². The van der Waals surface area contributed by atoms with Gasteiger partial charge in [-0.2, -0.15) is 5.26 Å². The van der Waals surface area contributed by atoms with Crippen LogP contribution in [0.2, 0.25) is 0 Å². The first-order chi connectivity index (χ1) is 15.2. The Morgan fingerprint density at radius 3 is 2.16 bits per heavy atom. The molecule has 0 aliphatic heterocycles. The number of ether oxygens (including phenoxy) is 2. The second kappa shape index (κ2) is 14.7. The number of alkyl carbamates (subject to hydrolysis) is 1. The Balaban J connectivity index is 2.39. The minimum Gasteiger partial charge on any atom is -0.494 e. The predicted molar refractivity (Wildman–Crippen MR) is 128 cm³/mol. The number of carbonyl (C=O) groups excluding carboxylic acids is 1. The van der Waals surface area contributed by atoms with Gasteiger partial charge in [-0.1, -0.05) is 64.0 Å². The van der Waals surface area contributed by atoms with E-state index in [4.69, 9.17) is 9.47 Å². The van der Waals surface area contributed by atoms with Gasteiger partial charge in [0, 0.05) is 0 Å². The van der Waals surface area contributed by atoms with E-state index in [1.807, 2.05) is 30.3 Å². The molecule has 0 aliphatic rings. The van der Waals surface area contributed by atoms with Gasteiger partial charge < -0.3 is 19.9 Å². The normalized spacial score (nSPS) is 13.1. The molecule has 32 heavy (non-hydrogen) atoms. The Morgan fingerprint density at radius 2 is 1.62 bits per heavy atom. The smallest absolute Gasteiger partial charge is 0.408 e. The van der Waals surface area contributed by atoms with Crippen molar-refractivity contribution in [3.05, 3.63) is 29.8 Å². The lowest BCUT2D eigenvalue weighted by atomic mass is 9.93. The van der Waals surface area contributed by atoms with E-state index >= 15 is 0 Å². The van der Waals surface area contributed by atoms with Crippen molar-refractivity contribution < 1.29 is 19.4 Å². The Morgan fingerprint density at radius 1 is 1.03 bits per heavy atom. The number of hydrogen-bond donors (Lipinski definition) is 2. The van der Waals surface area contributed by atoms with Gasteiger partial charge in [-0.3, -0.25) is 0 Å². The molecule has 1 aromatic rings. The van der Waals surface area contributed by atoms with Crippen LogP contribution < -0.4 is 10.1 Å². The van der Waals surface area contributed by atoms with Gasteiger partial charge in [0.2, 0.25) is 0 Å². The second-order valence-electron chi connectivity index (χ2n) is 9.45. The minimum absolute atomic E-state index is 0.275. The summed E-state index contributed by atoms with van der Waals surface area (Å²) in [5, 5.41) is 21.8. The van der Waals surface area contributed by atoms with Gasteiger partial charge in [0.05, 0.1) is 19.3 Å². The summed E-state index contributed by atoms with van der Waals surface area (Å²) in [6, 6.07) is 9.79. The van der Waals surface area contributed by atoms with Gasteiger partial charge in [0.25, 0.3) is 0 Å². The highest BCUT2D eigenvalue weighted by molar-refractivity contribution is 5.69. The Bertz CT molecular complexity index is 691. The van der Waals surface area contributed by atoms with E-state index in [1.165, 1.54) is 44.9 Å². The quantitative estimate of drug-likeness (QED) is 0.326. The summed E-state index contributed by atoms with van der Waals surface area (Å²) >= 11 is 0. The molecule has 0 fully saturated rings. The topological polar surface area (TPSA) is 91.6 Å². The van der Waals surface area contributed by atoms with Crippen molar-refractivity contribution in [1.29, 1.82) is 5.26 Å².